The molecule has 4 heteroatoms. The summed E-state index contributed by atoms with van der Waals surface area (Å²) < 4.78 is 5.30. The monoisotopic (exact) mass is 304 g/mol. The van der Waals surface area contributed by atoms with E-state index in [-0.39, 0.29) is 5.41 Å². The highest BCUT2D eigenvalue weighted by atomic mass is 32.1. The Kier molecular flexibility index (Phi) is 4.13. The van der Waals surface area contributed by atoms with Gasteiger partial charge in [-0.15, -0.1) is 11.3 Å². The van der Waals surface area contributed by atoms with E-state index in [1.807, 2.05) is 32.0 Å². The fourth-order valence-corrected chi connectivity index (χ4v) is 3.43. The Balaban J connectivity index is 2.58. The summed E-state index contributed by atoms with van der Waals surface area (Å²) in [5.41, 5.74) is 8.08. The van der Waals surface area contributed by atoms with Crippen molar-refractivity contribution in [3.05, 3.63) is 34.8 Å². The topological polar surface area (TPSA) is 48.1 Å². The molecule has 0 amide bonds. The maximum Gasteiger partial charge on any atom is 0.124 e. The Hall–Kier alpha value is -1.39. The van der Waals surface area contributed by atoms with E-state index in [4.69, 9.17) is 15.5 Å². The van der Waals surface area contributed by atoms with Crippen LogP contribution in [0.25, 0.3) is 10.6 Å². The van der Waals surface area contributed by atoms with Crippen molar-refractivity contribution in [2.75, 3.05) is 7.11 Å². The van der Waals surface area contributed by atoms with Gasteiger partial charge in [0.2, 0.25) is 0 Å². The van der Waals surface area contributed by atoms with Crippen molar-refractivity contribution in [2.45, 2.75) is 45.6 Å². The van der Waals surface area contributed by atoms with Crippen LogP contribution in [0.5, 0.6) is 5.75 Å². The molecule has 0 saturated heterocycles. The molecule has 0 saturated carbocycles. The van der Waals surface area contributed by atoms with Gasteiger partial charge < -0.3 is 10.5 Å². The minimum atomic E-state index is -0.391. The lowest BCUT2D eigenvalue weighted by Crippen LogP contribution is -2.31. The zero-order valence-corrected chi connectivity index (χ0v) is 14.5. The van der Waals surface area contributed by atoms with E-state index < -0.39 is 5.54 Å². The highest BCUT2D eigenvalue weighted by Gasteiger charge is 2.30. The second-order valence-corrected chi connectivity index (χ2v) is 7.90. The number of rotatable bonds is 3. The number of nitrogens with zero attached hydrogens (tertiary/aromatic N) is 1. The van der Waals surface area contributed by atoms with Crippen molar-refractivity contribution >= 4 is 11.3 Å². The number of hydrogen-bond donors (Lipinski definition) is 1. The van der Waals surface area contributed by atoms with Gasteiger partial charge in [0.15, 0.2) is 0 Å². The second-order valence-electron chi connectivity index (χ2n) is 6.90. The predicted octanol–water partition coefficient (Wildman–Crippen LogP) is 4.31. The highest BCUT2D eigenvalue weighted by Crippen LogP contribution is 2.39. The largest absolute Gasteiger partial charge is 0.497 e. The Morgan fingerprint density at radius 1 is 1.14 bits per heavy atom. The van der Waals surface area contributed by atoms with Gasteiger partial charge in [-0.25, -0.2) is 4.98 Å². The average Bonchev–Trinajstić information content (AvgIpc) is 2.83. The number of benzene rings is 1. The third kappa shape index (κ3) is 3.44. The van der Waals surface area contributed by atoms with E-state index in [0.29, 0.717) is 0 Å². The minimum Gasteiger partial charge on any atom is -0.497 e. The van der Waals surface area contributed by atoms with Crippen LogP contribution in [0.2, 0.25) is 0 Å². The van der Waals surface area contributed by atoms with Gasteiger partial charge in [0.25, 0.3) is 0 Å². The summed E-state index contributed by atoms with van der Waals surface area (Å²) in [4.78, 5) is 6.02. The summed E-state index contributed by atoms with van der Waals surface area (Å²) in [5.74, 6) is 0.841. The van der Waals surface area contributed by atoms with Gasteiger partial charge in [0.1, 0.15) is 10.8 Å². The molecular weight excluding hydrogens is 280 g/mol. The summed E-state index contributed by atoms with van der Waals surface area (Å²) in [6.45, 7) is 10.6. The zero-order chi connectivity index (χ0) is 15.8. The van der Waals surface area contributed by atoms with Crippen LogP contribution in [0.15, 0.2) is 24.3 Å². The van der Waals surface area contributed by atoms with Gasteiger partial charge in [-0.3, -0.25) is 0 Å². The van der Waals surface area contributed by atoms with E-state index in [1.165, 1.54) is 0 Å². The number of nitrogens with two attached hydrogens (primary N) is 1. The van der Waals surface area contributed by atoms with Crippen molar-refractivity contribution in [3.63, 3.8) is 0 Å². The molecule has 0 fully saturated rings. The predicted molar refractivity (Wildman–Crippen MR) is 90.0 cm³/mol. The SMILES string of the molecule is COc1cccc(-c2nc(C(C)(C)C)c(C(C)(C)N)s2)c1. The smallest absolute Gasteiger partial charge is 0.124 e. The molecule has 0 unspecified atom stereocenters. The molecule has 3 nitrogen and oxygen atoms in total. The maximum atomic E-state index is 6.35. The van der Waals surface area contributed by atoms with Crippen LogP contribution in [-0.4, -0.2) is 12.1 Å². The summed E-state index contributed by atoms with van der Waals surface area (Å²) in [5, 5.41) is 0.993. The third-order valence-corrected chi connectivity index (χ3v) is 4.68. The molecule has 0 aliphatic rings. The van der Waals surface area contributed by atoms with Gasteiger partial charge in [0, 0.05) is 21.4 Å². The van der Waals surface area contributed by atoms with E-state index >= 15 is 0 Å². The Morgan fingerprint density at radius 3 is 2.29 bits per heavy atom. The molecule has 0 spiro atoms. The number of ether oxygens (including phenoxy) is 1. The first-order chi connectivity index (χ1) is 9.63. The van der Waals surface area contributed by atoms with Crippen LogP contribution in [0.4, 0.5) is 0 Å². The quantitative estimate of drug-likeness (QED) is 0.919. The lowest BCUT2D eigenvalue weighted by atomic mass is 9.87. The second kappa shape index (κ2) is 5.43. The molecule has 0 atom stereocenters. The summed E-state index contributed by atoms with van der Waals surface area (Å²) >= 11 is 1.67. The average molecular weight is 304 g/mol. The van der Waals surface area contributed by atoms with Crippen LogP contribution >= 0.6 is 11.3 Å². The molecule has 0 bridgehead atoms. The van der Waals surface area contributed by atoms with E-state index in [9.17, 15) is 0 Å². The number of thiazole rings is 1. The number of methoxy groups -OCH3 is 1. The lowest BCUT2D eigenvalue weighted by Gasteiger charge is -2.24. The van der Waals surface area contributed by atoms with Gasteiger partial charge in [-0.1, -0.05) is 32.9 Å². The standard InChI is InChI=1S/C17H24N2OS/c1-16(2,3)13-14(17(4,5)18)21-15(19-13)11-8-7-9-12(10-11)20-6/h7-10H,18H2,1-6H3. The van der Waals surface area contributed by atoms with Crippen LogP contribution in [-0.2, 0) is 11.0 Å². The normalized spacial score (nSPS) is 12.5. The molecule has 1 aromatic heterocycles. The van der Waals surface area contributed by atoms with Gasteiger partial charge in [-0.2, -0.15) is 0 Å². The first kappa shape index (κ1) is 16.0. The summed E-state index contributed by atoms with van der Waals surface area (Å²) in [6.07, 6.45) is 0. The van der Waals surface area contributed by atoms with Gasteiger partial charge >= 0.3 is 0 Å². The summed E-state index contributed by atoms with van der Waals surface area (Å²) in [7, 11) is 1.68. The van der Waals surface area contributed by atoms with Crippen molar-refractivity contribution in [3.8, 4) is 16.3 Å². The summed E-state index contributed by atoms with van der Waals surface area (Å²) in [6, 6.07) is 7.99. The highest BCUT2D eigenvalue weighted by molar-refractivity contribution is 7.15. The van der Waals surface area contributed by atoms with Gasteiger partial charge in [0.05, 0.1) is 12.8 Å². The van der Waals surface area contributed by atoms with Crippen molar-refractivity contribution in [1.29, 1.82) is 0 Å². The molecule has 2 rings (SSSR count). The lowest BCUT2D eigenvalue weighted by molar-refractivity contribution is 0.415. The molecule has 114 valence electrons. The fraction of sp³-hybridized carbons (Fsp3) is 0.471. The third-order valence-electron chi connectivity index (χ3n) is 3.24. The molecule has 0 aliphatic carbocycles. The molecule has 1 heterocycles. The van der Waals surface area contributed by atoms with Gasteiger partial charge in [-0.05, 0) is 26.0 Å². The molecular formula is C17H24N2OS. The van der Waals surface area contributed by atoms with Crippen molar-refractivity contribution in [2.24, 2.45) is 5.73 Å². The minimum absolute atomic E-state index is 0.0282. The van der Waals surface area contributed by atoms with Crippen LogP contribution in [0.1, 0.15) is 45.2 Å². The Morgan fingerprint density at radius 2 is 1.81 bits per heavy atom. The first-order valence-electron chi connectivity index (χ1n) is 7.08. The van der Waals surface area contributed by atoms with Crippen molar-refractivity contribution < 1.29 is 4.74 Å². The molecule has 2 N–H and O–H groups in total. The first-order valence-corrected chi connectivity index (χ1v) is 7.89. The Bertz CT molecular complexity index is 601. The molecule has 0 aliphatic heterocycles. The van der Waals surface area contributed by atoms with E-state index in [0.717, 1.165) is 26.9 Å². The number of hydrogen-bond acceptors (Lipinski definition) is 4. The number of aromatic nitrogens is 1. The van der Waals surface area contributed by atoms with Crippen LogP contribution in [0, 0.1) is 0 Å². The zero-order valence-electron chi connectivity index (χ0n) is 13.7. The van der Waals surface area contributed by atoms with Crippen molar-refractivity contribution in [1.82, 2.24) is 4.98 Å². The van der Waals surface area contributed by atoms with Crippen LogP contribution < -0.4 is 10.5 Å². The fourth-order valence-electron chi connectivity index (χ4n) is 2.14. The molecule has 2 aromatic rings. The maximum absolute atomic E-state index is 6.35. The molecule has 0 radical (unpaired) electrons. The van der Waals surface area contributed by atoms with E-state index in [2.05, 4.69) is 26.8 Å². The molecule has 1 aromatic carbocycles. The van der Waals surface area contributed by atoms with E-state index in [1.54, 1.807) is 18.4 Å². The Labute approximate surface area is 131 Å². The molecule has 21 heavy (non-hydrogen) atoms. The van der Waals surface area contributed by atoms with Crippen LogP contribution in [0.3, 0.4) is 0 Å².